The fraction of sp³-hybridized carbons (Fsp3) is 0.613. The van der Waals surface area contributed by atoms with Gasteiger partial charge >= 0.3 is 0 Å². The minimum atomic E-state index is -0.147. The van der Waals surface area contributed by atoms with E-state index in [1.54, 1.807) is 0 Å². The first-order chi connectivity index (χ1) is 17.6. The normalized spacial score (nSPS) is 30.9. The van der Waals surface area contributed by atoms with Crippen LogP contribution in [0.4, 0.5) is 0 Å². The molecular weight excluding hydrogens is 466 g/mol. The Balaban J connectivity index is 1.31. The van der Waals surface area contributed by atoms with E-state index in [4.69, 9.17) is 16.6 Å². The van der Waals surface area contributed by atoms with Crippen molar-refractivity contribution >= 4 is 17.5 Å². The van der Waals surface area contributed by atoms with Crippen LogP contribution in [0.1, 0.15) is 86.1 Å². The van der Waals surface area contributed by atoms with Crippen LogP contribution in [0.25, 0.3) is 0 Å². The van der Waals surface area contributed by atoms with Gasteiger partial charge in [0.05, 0.1) is 5.92 Å². The predicted octanol–water partition coefficient (Wildman–Crippen LogP) is 6.19. The molecule has 4 nitrogen and oxygen atoms in total. The van der Waals surface area contributed by atoms with E-state index in [1.807, 2.05) is 6.07 Å². The average molecular weight is 506 g/mol. The highest BCUT2D eigenvalue weighted by atomic mass is 35.5. The molecule has 4 aliphatic rings. The first-order valence-electron chi connectivity index (χ1n) is 14.3. The lowest BCUT2D eigenvalue weighted by Gasteiger charge is -2.48. The quantitative estimate of drug-likeness (QED) is 0.506. The van der Waals surface area contributed by atoms with Crippen molar-refractivity contribution in [1.29, 1.82) is 0 Å². The Morgan fingerprint density at radius 2 is 1.92 bits per heavy atom. The van der Waals surface area contributed by atoms with Crippen molar-refractivity contribution < 1.29 is 4.79 Å². The molecule has 6 rings (SSSR count). The molecule has 5 heteroatoms. The Morgan fingerprint density at radius 3 is 2.75 bits per heavy atom. The second kappa shape index (κ2) is 10.1. The molecule has 1 aromatic heterocycles. The van der Waals surface area contributed by atoms with Gasteiger partial charge < -0.3 is 10.2 Å². The van der Waals surface area contributed by atoms with E-state index in [0.29, 0.717) is 28.9 Å². The van der Waals surface area contributed by atoms with Gasteiger partial charge in [-0.3, -0.25) is 4.79 Å². The maximum atomic E-state index is 14.6. The average Bonchev–Trinajstić information content (AvgIpc) is 3.32. The molecule has 2 aliphatic carbocycles. The van der Waals surface area contributed by atoms with Gasteiger partial charge in [-0.25, -0.2) is 4.98 Å². The molecule has 36 heavy (non-hydrogen) atoms. The van der Waals surface area contributed by atoms with Crippen LogP contribution in [0.3, 0.4) is 0 Å². The van der Waals surface area contributed by atoms with Crippen LogP contribution in [0.15, 0.2) is 36.4 Å². The van der Waals surface area contributed by atoms with Crippen molar-refractivity contribution in [2.24, 2.45) is 11.8 Å². The molecule has 2 aromatic rings. The van der Waals surface area contributed by atoms with Gasteiger partial charge in [0.1, 0.15) is 5.15 Å². The van der Waals surface area contributed by atoms with Crippen molar-refractivity contribution in [3.05, 3.63) is 63.9 Å². The topological polar surface area (TPSA) is 45.2 Å². The van der Waals surface area contributed by atoms with Gasteiger partial charge in [0.2, 0.25) is 5.91 Å². The molecule has 0 unspecified atom stereocenters. The van der Waals surface area contributed by atoms with Crippen molar-refractivity contribution in [2.45, 2.75) is 88.5 Å². The highest BCUT2D eigenvalue weighted by molar-refractivity contribution is 6.29. The van der Waals surface area contributed by atoms with Gasteiger partial charge in [-0.05, 0) is 86.5 Å². The van der Waals surface area contributed by atoms with Crippen LogP contribution in [0.2, 0.25) is 5.15 Å². The highest BCUT2D eigenvalue weighted by Crippen LogP contribution is 2.47. The van der Waals surface area contributed by atoms with E-state index in [-0.39, 0.29) is 11.3 Å². The lowest BCUT2D eigenvalue weighted by molar-refractivity contribution is -0.143. The number of halogens is 1. The van der Waals surface area contributed by atoms with Crippen LogP contribution in [0.5, 0.6) is 0 Å². The minimum Gasteiger partial charge on any atom is -0.339 e. The van der Waals surface area contributed by atoms with E-state index in [9.17, 15) is 4.79 Å². The predicted molar refractivity (Wildman–Crippen MR) is 145 cm³/mol. The monoisotopic (exact) mass is 505 g/mol. The van der Waals surface area contributed by atoms with Gasteiger partial charge in [0.15, 0.2) is 0 Å². The van der Waals surface area contributed by atoms with Crippen LogP contribution >= 0.6 is 11.6 Å². The van der Waals surface area contributed by atoms with Gasteiger partial charge in [-0.1, -0.05) is 61.2 Å². The SMILES string of the molecule is Cc1ccccc1[C@@H]1CCN(C(=O)[C@@H]2CNC[C@]23CCCc2nc(Cl)ccc23)[C@H](C2CCCCC2)C1. The molecule has 3 heterocycles. The van der Waals surface area contributed by atoms with E-state index < -0.39 is 0 Å². The minimum absolute atomic E-state index is 0.0133. The molecule has 1 N–H and O–H groups in total. The molecule has 0 bridgehead atoms. The summed E-state index contributed by atoms with van der Waals surface area (Å²) in [6, 6.07) is 13.3. The molecule has 192 valence electrons. The number of pyridine rings is 1. The zero-order valence-corrected chi connectivity index (χ0v) is 22.4. The van der Waals surface area contributed by atoms with Crippen LogP contribution in [0, 0.1) is 18.8 Å². The third kappa shape index (κ3) is 4.28. The summed E-state index contributed by atoms with van der Waals surface area (Å²) < 4.78 is 0. The summed E-state index contributed by atoms with van der Waals surface area (Å²) in [7, 11) is 0. The Hall–Kier alpha value is -1.91. The largest absolute Gasteiger partial charge is 0.339 e. The smallest absolute Gasteiger partial charge is 0.228 e. The zero-order valence-electron chi connectivity index (χ0n) is 21.6. The van der Waals surface area contributed by atoms with E-state index >= 15 is 0 Å². The zero-order chi connectivity index (χ0) is 24.7. The first kappa shape index (κ1) is 24.4. The highest BCUT2D eigenvalue weighted by Gasteiger charge is 2.52. The van der Waals surface area contributed by atoms with Crippen molar-refractivity contribution in [3.63, 3.8) is 0 Å². The second-order valence-electron chi connectivity index (χ2n) is 11.9. The summed E-state index contributed by atoms with van der Waals surface area (Å²) >= 11 is 6.27. The van der Waals surface area contributed by atoms with Gasteiger partial charge in [0.25, 0.3) is 0 Å². The summed E-state index contributed by atoms with van der Waals surface area (Å²) in [6.45, 7) is 4.78. The van der Waals surface area contributed by atoms with Gasteiger partial charge in [-0.2, -0.15) is 0 Å². The Kier molecular flexibility index (Phi) is 6.85. The second-order valence-corrected chi connectivity index (χ2v) is 12.3. The summed E-state index contributed by atoms with van der Waals surface area (Å²) in [5.41, 5.74) is 5.12. The molecule has 1 amide bonds. The number of nitrogens with zero attached hydrogens (tertiary/aromatic N) is 2. The van der Waals surface area contributed by atoms with Crippen molar-refractivity contribution in [1.82, 2.24) is 15.2 Å². The van der Waals surface area contributed by atoms with Crippen LogP contribution in [-0.2, 0) is 16.6 Å². The molecule has 2 aliphatic heterocycles. The molecular formula is C31H40ClN3O. The summed E-state index contributed by atoms with van der Waals surface area (Å²) in [5.74, 6) is 1.57. The van der Waals surface area contributed by atoms with E-state index in [0.717, 1.165) is 57.4 Å². The lowest BCUT2D eigenvalue weighted by atomic mass is 9.64. The number of aryl methyl sites for hydroxylation is 2. The Morgan fingerprint density at radius 1 is 1.08 bits per heavy atom. The van der Waals surface area contributed by atoms with Crippen molar-refractivity contribution in [3.8, 4) is 0 Å². The Bertz CT molecular complexity index is 1110. The number of benzene rings is 1. The maximum absolute atomic E-state index is 14.6. The van der Waals surface area contributed by atoms with Crippen LogP contribution < -0.4 is 5.32 Å². The first-order valence-corrected chi connectivity index (χ1v) is 14.7. The number of carbonyl (C=O) groups excluding carboxylic acids is 1. The number of carbonyl (C=O) groups is 1. The number of hydrogen-bond acceptors (Lipinski definition) is 3. The summed E-state index contributed by atoms with van der Waals surface area (Å²) in [5, 5.41) is 4.20. The third-order valence-corrected chi connectivity index (χ3v) is 10.2. The molecule has 1 aromatic carbocycles. The Labute approximate surface area is 221 Å². The number of likely N-dealkylation sites (tertiary alicyclic amines) is 1. The maximum Gasteiger partial charge on any atom is 0.228 e. The van der Waals surface area contributed by atoms with E-state index in [1.165, 1.54) is 48.8 Å². The molecule has 1 saturated carbocycles. The number of hydrogen-bond donors (Lipinski definition) is 1. The molecule has 2 saturated heterocycles. The molecule has 0 radical (unpaired) electrons. The lowest BCUT2D eigenvalue weighted by Crippen LogP contribution is -2.55. The molecule has 4 atom stereocenters. The number of aromatic nitrogens is 1. The fourth-order valence-corrected chi connectivity index (χ4v) is 8.38. The van der Waals surface area contributed by atoms with E-state index in [2.05, 4.69) is 47.5 Å². The van der Waals surface area contributed by atoms with Gasteiger partial charge in [-0.15, -0.1) is 0 Å². The van der Waals surface area contributed by atoms with Crippen molar-refractivity contribution in [2.75, 3.05) is 19.6 Å². The summed E-state index contributed by atoms with van der Waals surface area (Å²) in [6.07, 6.45) is 11.8. The number of piperidine rings is 1. The summed E-state index contributed by atoms with van der Waals surface area (Å²) in [4.78, 5) is 21.6. The number of rotatable bonds is 3. The fourth-order valence-electron chi connectivity index (χ4n) is 8.22. The standard InChI is InChI=1S/C31H40ClN3O/c1-21-8-5-6-11-24(21)23-15-17-35(28(18-23)22-9-3-2-4-10-22)30(36)26-19-33-20-31(26)16-7-12-27-25(31)13-14-29(32)34-27/h5-6,8,11,13-14,22-23,26,28,33H,2-4,7,9-10,12,15-20H2,1H3/t23-,26+,28+,31+/m1/s1. The number of fused-ring (bicyclic) bond motifs is 2. The molecule has 1 spiro atoms. The molecule has 3 fully saturated rings. The third-order valence-electron chi connectivity index (χ3n) is 10.0. The van der Waals surface area contributed by atoms with Crippen LogP contribution in [-0.4, -0.2) is 41.5 Å². The van der Waals surface area contributed by atoms with Gasteiger partial charge in [0, 0.05) is 36.8 Å². The number of nitrogens with one attached hydrogen (secondary N) is 1. The number of amides is 1.